The number of nitrogens with one attached hydrogen (secondary N) is 1. The zero-order valence-corrected chi connectivity index (χ0v) is 17.5. The van der Waals surface area contributed by atoms with Crippen LogP contribution in [-0.4, -0.2) is 25.2 Å². The lowest BCUT2D eigenvalue weighted by atomic mass is 9.73. The van der Waals surface area contributed by atoms with Crippen LogP contribution in [0.1, 0.15) is 44.2 Å². The zero-order chi connectivity index (χ0) is 20.1. The minimum Gasteiger partial charge on any atom is -0.490 e. The number of benzene rings is 2. The Balaban J connectivity index is 1.82. The van der Waals surface area contributed by atoms with Gasteiger partial charge in [0.05, 0.1) is 11.5 Å². The topological polar surface area (TPSA) is 47.6 Å². The second-order valence-electron chi connectivity index (χ2n) is 7.47. The predicted molar refractivity (Wildman–Crippen MR) is 113 cm³/mol. The lowest BCUT2D eigenvalue weighted by Crippen LogP contribution is -2.44. The summed E-state index contributed by atoms with van der Waals surface area (Å²) >= 11 is 6.05. The number of ether oxygens (including phenoxy) is 2. The van der Waals surface area contributed by atoms with Crippen LogP contribution in [-0.2, 0) is 14.9 Å². The van der Waals surface area contributed by atoms with Crippen molar-refractivity contribution in [1.82, 2.24) is 0 Å². The first kappa shape index (κ1) is 20.7. The smallest absolute Gasteiger partial charge is 0.235 e. The van der Waals surface area contributed by atoms with Gasteiger partial charge in [0.1, 0.15) is 5.75 Å². The van der Waals surface area contributed by atoms with E-state index < -0.39 is 5.41 Å². The van der Waals surface area contributed by atoms with E-state index in [1.165, 1.54) is 0 Å². The molecule has 2 aromatic carbocycles. The second-order valence-corrected chi connectivity index (χ2v) is 7.91. The molecule has 2 aromatic rings. The molecule has 0 aromatic heterocycles. The van der Waals surface area contributed by atoms with Crippen LogP contribution in [0.2, 0.25) is 5.02 Å². The van der Waals surface area contributed by atoms with Crippen LogP contribution in [0, 0.1) is 6.92 Å². The molecular weight excluding hydrogens is 374 g/mol. The van der Waals surface area contributed by atoms with Gasteiger partial charge in [-0.25, -0.2) is 0 Å². The van der Waals surface area contributed by atoms with Crippen molar-refractivity contribution in [2.45, 2.75) is 51.6 Å². The molecule has 0 radical (unpaired) electrons. The number of halogens is 1. The first-order chi connectivity index (χ1) is 13.4. The van der Waals surface area contributed by atoms with Crippen molar-refractivity contribution < 1.29 is 14.3 Å². The summed E-state index contributed by atoms with van der Waals surface area (Å²) in [5.41, 5.74) is 2.15. The van der Waals surface area contributed by atoms with Gasteiger partial charge in [-0.15, -0.1) is 0 Å². The van der Waals surface area contributed by atoms with Gasteiger partial charge in [0, 0.05) is 23.9 Å². The molecule has 3 rings (SSSR count). The lowest BCUT2D eigenvalue weighted by Gasteiger charge is -2.36. The molecule has 1 N–H and O–H groups in total. The minimum atomic E-state index is -0.608. The van der Waals surface area contributed by atoms with Gasteiger partial charge in [-0.05, 0) is 74.6 Å². The molecular formula is C23H28ClNO3. The Hall–Kier alpha value is -2.04. The number of aryl methyl sites for hydroxylation is 1. The van der Waals surface area contributed by atoms with Crippen molar-refractivity contribution in [2.75, 3.05) is 18.5 Å². The molecule has 28 heavy (non-hydrogen) atoms. The molecule has 0 unspecified atom stereocenters. The Labute approximate surface area is 172 Å². The summed E-state index contributed by atoms with van der Waals surface area (Å²) in [6.07, 6.45) is 2.40. The molecule has 0 spiro atoms. The number of rotatable bonds is 6. The maximum atomic E-state index is 13.4. The molecule has 1 atom stereocenters. The third-order valence-corrected chi connectivity index (χ3v) is 5.77. The van der Waals surface area contributed by atoms with Gasteiger partial charge in [-0.3, -0.25) is 4.79 Å². The molecule has 1 aliphatic heterocycles. The second kappa shape index (κ2) is 8.97. The Morgan fingerprint density at radius 1 is 1.21 bits per heavy atom. The molecule has 0 saturated carbocycles. The monoisotopic (exact) mass is 401 g/mol. The molecule has 1 aliphatic rings. The minimum absolute atomic E-state index is 0.00637. The maximum Gasteiger partial charge on any atom is 0.235 e. The van der Waals surface area contributed by atoms with Crippen LogP contribution in [0.4, 0.5) is 5.69 Å². The van der Waals surface area contributed by atoms with Crippen LogP contribution in [0.15, 0.2) is 42.5 Å². The van der Waals surface area contributed by atoms with Crippen molar-refractivity contribution in [3.63, 3.8) is 0 Å². The Morgan fingerprint density at radius 2 is 1.89 bits per heavy atom. The van der Waals surface area contributed by atoms with Gasteiger partial charge < -0.3 is 14.8 Å². The maximum absolute atomic E-state index is 13.4. The largest absolute Gasteiger partial charge is 0.490 e. The molecule has 5 heteroatoms. The lowest BCUT2D eigenvalue weighted by molar-refractivity contribution is -0.125. The summed E-state index contributed by atoms with van der Waals surface area (Å²) in [5, 5.41) is 3.78. The van der Waals surface area contributed by atoms with E-state index in [2.05, 4.69) is 19.2 Å². The molecule has 150 valence electrons. The van der Waals surface area contributed by atoms with Crippen molar-refractivity contribution in [3.8, 4) is 5.75 Å². The number of anilines is 1. The summed E-state index contributed by atoms with van der Waals surface area (Å²) in [7, 11) is 0. The average molecular weight is 402 g/mol. The Kier molecular flexibility index (Phi) is 6.63. The van der Waals surface area contributed by atoms with Gasteiger partial charge in [0.15, 0.2) is 0 Å². The molecule has 1 fully saturated rings. The average Bonchev–Trinajstić information content (AvgIpc) is 2.71. The van der Waals surface area contributed by atoms with Crippen LogP contribution >= 0.6 is 11.6 Å². The zero-order valence-electron chi connectivity index (χ0n) is 16.8. The van der Waals surface area contributed by atoms with E-state index in [-0.39, 0.29) is 12.0 Å². The van der Waals surface area contributed by atoms with E-state index in [0.29, 0.717) is 31.1 Å². The number of hydrogen-bond donors (Lipinski definition) is 1. The van der Waals surface area contributed by atoms with Gasteiger partial charge in [0.2, 0.25) is 5.91 Å². The van der Waals surface area contributed by atoms with E-state index in [4.69, 9.17) is 21.1 Å². The van der Waals surface area contributed by atoms with Crippen molar-refractivity contribution in [1.29, 1.82) is 0 Å². The van der Waals surface area contributed by atoms with Crippen molar-refractivity contribution in [3.05, 3.63) is 58.6 Å². The standard InChI is InChI=1S/C23H28ClNO3/c1-4-17(3)28-21-10-9-20(15-16(21)2)25-22(26)23(11-13-27-14-12-23)18-5-7-19(24)8-6-18/h5-10,15,17H,4,11-14H2,1-3H3,(H,25,26)/t17-/m1/s1. The summed E-state index contributed by atoms with van der Waals surface area (Å²) < 4.78 is 11.5. The highest BCUT2D eigenvalue weighted by Gasteiger charge is 2.41. The normalized spacial score (nSPS) is 17.0. The summed E-state index contributed by atoms with van der Waals surface area (Å²) in [5.74, 6) is 0.846. The van der Waals surface area contributed by atoms with Crippen molar-refractivity contribution >= 4 is 23.2 Å². The number of amides is 1. The van der Waals surface area contributed by atoms with Crippen LogP contribution < -0.4 is 10.1 Å². The first-order valence-corrected chi connectivity index (χ1v) is 10.2. The van der Waals surface area contributed by atoms with Crippen LogP contribution in [0.25, 0.3) is 0 Å². The summed E-state index contributed by atoms with van der Waals surface area (Å²) in [6, 6.07) is 13.4. The number of hydrogen-bond acceptors (Lipinski definition) is 3. The molecule has 0 bridgehead atoms. The van der Waals surface area contributed by atoms with Crippen LogP contribution in [0.5, 0.6) is 5.75 Å². The van der Waals surface area contributed by atoms with E-state index in [0.717, 1.165) is 29.0 Å². The third kappa shape index (κ3) is 4.50. The van der Waals surface area contributed by atoms with E-state index in [9.17, 15) is 4.79 Å². The number of carbonyl (C=O) groups excluding carboxylic acids is 1. The highest BCUT2D eigenvalue weighted by Crippen LogP contribution is 2.37. The summed E-state index contributed by atoms with van der Waals surface area (Å²) in [6.45, 7) is 7.28. The first-order valence-electron chi connectivity index (χ1n) is 9.87. The predicted octanol–water partition coefficient (Wildman–Crippen LogP) is 5.51. The van der Waals surface area contributed by atoms with Gasteiger partial charge in [-0.2, -0.15) is 0 Å². The van der Waals surface area contributed by atoms with E-state index >= 15 is 0 Å². The van der Waals surface area contributed by atoms with Crippen LogP contribution in [0.3, 0.4) is 0 Å². The van der Waals surface area contributed by atoms with Gasteiger partial charge in [0.25, 0.3) is 0 Å². The molecule has 4 nitrogen and oxygen atoms in total. The molecule has 1 heterocycles. The van der Waals surface area contributed by atoms with Crippen molar-refractivity contribution in [2.24, 2.45) is 0 Å². The highest BCUT2D eigenvalue weighted by atomic mass is 35.5. The fraction of sp³-hybridized carbons (Fsp3) is 0.435. The van der Waals surface area contributed by atoms with E-state index in [1.54, 1.807) is 0 Å². The fourth-order valence-electron chi connectivity index (χ4n) is 3.55. The summed E-state index contributed by atoms with van der Waals surface area (Å²) in [4.78, 5) is 13.4. The quantitative estimate of drug-likeness (QED) is 0.693. The number of carbonyl (C=O) groups is 1. The van der Waals surface area contributed by atoms with E-state index in [1.807, 2.05) is 49.4 Å². The Morgan fingerprint density at radius 3 is 2.50 bits per heavy atom. The molecule has 1 amide bonds. The SMILES string of the molecule is CC[C@@H](C)Oc1ccc(NC(=O)C2(c3ccc(Cl)cc3)CCOCC2)cc1C. The van der Waals surface area contributed by atoms with Gasteiger partial charge >= 0.3 is 0 Å². The molecule has 0 aliphatic carbocycles. The third-order valence-electron chi connectivity index (χ3n) is 5.51. The molecule has 1 saturated heterocycles. The Bertz CT molecular complexity index is 813. The fourth-order valence-corrected chi connectivity index (χ4v) is 3.67. The highest BCUT2D eigenvalue weighted by molar-refractivity contribution is 6.30. The van der Waals surface area contributed by atoms with Gasteiger partial charge in [-0.1, -0.05) is 30.7 Å².